The van der Waals surface area contributed by atoms with Gasteiger partial charge < -0.3 is 0 Å². The van der Waals surface area contributed by atoms with E-state index in [1.807, 2.05) is 6.20 Å². The molecule has 0 radical (unpaired) electrons. The zero-order chi connectivity index (χ0) is 16.4. The Morgan fingerprint density at radius 2 is 1.26 bits per heavy atom. The van der Waals surface area contributed by atoms with Crippen molar-refractivity contribution in [2.75, 3.05) is 0 Å². The highest BCUT2D eigenvalue weighted by atomic mass is 14.7. The van der Waals surface area contributed by atoms with Crippen molar-refractivity contribution >= 4 is 0 Å². The van der Waals surface area contributed by atoms with Crippen molar-refractivity contribution in [3.05, 3.63) is 78.1 Å². The van der Waals surface area contributed by atoms with E-state index < -0.39 is 0 Å². The van der Waals surface area contributed by atoms with Crippen LogP contribution in [-0.4, -0.2) is 4.98 Å². The molecule has 0 aliphatic rings. The van der Waals surface area contributed by atoms with Crippen LogP contribution in [0.5, 0.6) is 0 Å². The lowest BCUT2D eigenvalue weighted by Crippen LogP contribution is -2.16. The number of benzene rings is 2. The summed E-state index contributed by atoms with van der Waals surface area (Å²) in [5.41, 5.74) is 7.43. The second-order valence-corrected chi connectivity index (χ2v) is 6.99. The number of rotatable bonds is 2. The van der Waals surface area contributed by atoms with Crippen molar-refractivity contribution in [2.24, 2.45) is 0 Å². The number of pyridine rings is 1. The molecule has 1 heteroatoms. The molecule has 23 heavy (non-hydrogen) atoms. The molecule has 0 spiro atoms. The Labute approximate surface area is 139 Å². The summed E-state index contributed by atoms with van der Waals surface area (Å²) in [6.45, 7) is 8.94. The van der Waals surface area contributed by atoms with E-state index in [1.54, 1.807) is 0 Å². The largest absolute Gasteiger partial charge is 0.260 e. The summed E-state index contributed by atoms with van der Waals surface area (Å²) in [5, 5.41) is 0. The molecule has 1 heterocycles. The van der Waals surface area contributed by atoms with Crippen LogP contribution < -0.4 is 0 Å². The van der Waals surface area contributed by atoms with E-state index >= 15 is 0 Å². The summed E-state index contributed by atoms with van der Waals surface area (Å²) in [5.74, 6) is 0. The highest BCUT2D eigenvalue weighted by molar-refractivity contribution is 5.80. The van der Waals surface area contributed by atoms with Crippen molar-refractivity contribution in [3.8, 4) is 22.3 Å². The van der Waals surface area contributed by atoms with Gasteiger partial charge >= 0.3 is 0 Å². The summed E-state index contributed by atoms with van der Waals surface area (Å²) in [7, 11) is 0. The van der Waals surface area contributed by atoms with E-state index in [0.29, 0.717) is 0 Å². The third-order valence-corrected chi connectivity index (χ3v) is 4.17. The van der Waals surface area contributed by atoms with Gasteiger partial charge in [0.25, 0.3) is 0 Å². The molecule has 0 bridgehead atoms. The predicted octanol–water partition coefficient (Wildman–Crippen LogP) is 6.02. The van der Waals surface area contributed by atoms with Crippen LogP contribution in [0.15, 0.2) is 66.9 Å². The number of nitrogens with zero attached hydrogens (tertiary/aromatic N) is 1. The van der Waals surface area contributed by atoms with E-state index in [0.717, 1.165) is 5.69 Å². The first-order valence-corrected chi connectivity index (χ1v) is 8.09. The maximum absolute atomic E-state index is 4.71. The zero-order valence-electron chi connectivity index (χ0n) is 14.3. The maximum Gasteiger partial charge on any atom is 0.0454 e. The van der Waals surface area contributed by atoms with Gasteiger partial charge in [-0.25, -0.2) is 0 Å². The number of aryl methyl sites for hydroxylation is 1. The van der Waals surface area contributed by atoms with Crippen LogP contribution >= 0.6 is 0 Å². The van der Waals surface area contributed by atoms with E-state index in [4.69, 9.17) is 4.98 Å². The average molecular weight is 301 g/mol. The highest BCUT2D eigenvalue weighted by Gasteiger charge is 2.25. The van der Waals surface area contributed by atoms with Gasteiger partial charge in [0.05, 0.1) is 0 Å². The summed E-state index contributed by atoms with van der Waals surface area (Å²) in [6.07, 6.45) is 2.03. The normalized spacial score (nSPS) is 11.5. The molecule has 3 rings (SSSR count). The number of hydrogen-bond acceptors (Lipinski definition) is 1. The smallest absolute Gasteiger partial charge is 0.0454 e. The van der Waals surface area contributed by atoms with Gasteiger partial charge in [-0.2, -0.15) is 0 Å². The first-order valence-electron chi connectivity index (χ1n) is 8.09. The van der Waals surface area contributed by atoms with Crippen molar-refractivity contribution < 1.29 is 0 Å². The molecule has 0 saturated heterocycles. The Morgan fingerprint density at radius 3 is 1.78 bits per heavy atom. The molecule has 1 aromatic heterocycles. The fourth-order valence-corrected chi connectivity index (χ4v) is 3.18. The molecule has 0 atom stereocenters. The molecule has 3 aromatic rings. The Balaban J connectivity index is 2.36. The molecule has 0 N–H and O–H groups in total. The van der Waals surface area contributed by atoms with Crippen LogP contribution in [0.3, 0.4) is 0 Å². The Hall–Kier alpha value is -2.41. The van der Waals surface area contributed by atoms with Crippen LogP contribution in [0.2, 0.25) is 0 Å². The summed E-state index contributed by atoms with van der Waals surface area (Å²) in [6, 6.07) is 21.2. The lowest BCUT2D eigenvalue weighted by molar-refractivity contribution is 0.592. The molecule has 0 aliphatic heterocycles. The zero-order valence-corrected chi connectivity index (χ0v) is 14.3. The lowest BCUT2D eigenvalue weighted by atomic mass is 9.77. The van der Waals surface area contributed by atoms with Gasteiger partial charge in [-0.1, -0.05) is 81.4 Å². The Bertz CT molecular complexity index is 797. The van der Waals surface area contributed by atoms with Crippen molar-refractivity contribution in [1.82, 2.24) is 4.98 Å². The monoisotopic (exact) mass is 301 g/mol. The molecular weight excluding hydrogens is 278 g/mol. The van der Waals surface area contributed by atoms with Crippen LogP contribution in [-0.2, 0) is 5.41 Å². The molecule has 0 unspecified atom stereocenters. The molecule has 1 nitrogen and oxygen atoms in total. The lowest BCUT2D eigenvalue weighted by Gasteiger charge is -2.27. The van der Waals surface area contributed by atoms with Crippen molar-refractivity contribution in [1.29, 1.82) is 0 Å². The second-order valence-electron chi connectivity index (χ2n) is 6.99. The van der Waals surface area contributed by atoms with Gasteiger partial charge in [-0.05, 0) is 29.0 Å². The van der Waals surface area contributed by atoms with E-state index in [2.05, 4.69) is 88.4 Å². The molecule has 0 fully saturated rings. The van der Waals surface area contributed by atoms with Gasteiger partial charge in [-0.15, -0.1) is 0 Å². The first kappa shape index (κ1) is 15.5. The fourth-order valence-electron chi connectivity index (χ4n) is 3.18. The van der Waals surface area contributed by atoms with Crippen molar-refractivity contribution in [2.45, 2.75) is 33.1 Å². The third kappa shape index (κ3) is 3.05. The minimum absolute atomic E-state index is 0.0318. The SMILES string of the molecule is Cc1ncc(-c2ccccc2)c(C(C)(C)C)c1-c1ccccc1. The van der Waals surface area contributed by atoms with Gasteiger partial charge in [0.15, 0.2) is 0 Å². The van der Waals surface area contributed by atoms with Crippen molar-refractivity contribution in [3.63, 3.8) is 0 Å². The molecule has 2 aromatic carbocycles. The Kier molecular flexibility index (Phi) is 4.04. The molecular formula is C22H23N. The molecule has 0 amide bonds. The minimum Gasteiger partial charge on any atom is -0.260 e. The van der Waals surface area contributed by atoms with E-state index in [9.17, 15) is 0 Å². The molecule has 0 saturated carbocycles. The maximum atomic E-state index is 4.71. The van der Waals surface area contributed by atoms with E-state index in [1.165, 1.54) is 27.8 Å². The van der Waals surface area contributed by atoms with Crippen LogP contribution in [0, 0.1) is 6.92 Å². The quantitative estimate of drug-likeness (QED) is 0.564. The standard InChI is InChI=1S/C22H23N/c1-16-20(18-13-9-6-10-14-18)21(22(2,3)4)19(15-23-16)17-11-7-5-8-12-17/h5-15H,1-4H3. The third-order valence-electron chi connectivity index (χ3n) is 4.17. The fraction of sp³-hybridized carbons (Fsp3) is 0.227. The molecule has 0 aliphatic carbocycles. The summed E-state index contributed by atoms with van der Waals surface area (Å²) in [4.78, 5) is 4.71. The van der Waals surface area contributed by atoms with Crippen LogP contribution in [0.25, 0.3) is 22.3 Å². The second kappa shape index (κ2) is 6.00. The van der Waals surface area contributed by atoms with Gasteiger partial charge in [0.2, 0.25) is 0 Å². The topological polar surface area (TPSA) is 12.9 Å². The van der Waals surface area contributed by atoms with Crippen LogP contribution in [0.4, 0.5) is 0 Å². The van der Waals surface area contributed by atoms with E-state index in [-0.39, 0.29) is 5.41 Å². The first-order chi connectivity index (χ1) is 11.0. The molecule has 116 valence electrons. The average Bonchev–Trinajstić information content (AvgIpc) is 2.55. The van der Waals surface area contributed by atoms with Gasteiger partial charge in [0.1, 0.15) is 0 Å². The summed E-state index contributed by atoms with van der Waals surface area (Å²) >= 11 is 0. The minimum atomic E-state index is 0.0318. The van der Waals surface area contributed by atoms with Gasteiger partial charge in [-0.3, -0.25) is 4.98 Å². The predicted molar refractivity (Wildman–Crippen MR) is 98.5 cm³/mol. The highest BCUT2D eigenvalue weighted by Crippen LogP contribution is 2.40. The number of hydrogen-bond donors (Lipinski definition) is 0. The number of aromatic nitrogens is 1. The van der Waals surface area contributed by atoms with Crippen LogP contribution in [0.1, 0.15) is 32.0 Å². The van der Waals surface area contributed by atoms with Gasteiger partial charge in [0, 0.05) is 23.0 Å². The summed E-state index contributed by atoms with van der Waals surface area (Å²) < 4.78 is 0. The Morgan fingerprint density at radius 1 is 0.739 bits per heavy atom.